The number of nitrogens with zero attached hydrogens (tertiary/aromatic N) is 1. The molecule has 2 heterocycles. The predicted octanol–water partition coefficient (Wildman–Crippen LogP) is 3.38. The normalized spacial score (nSPS) is 20.1. The Morgan fingerprint density at radius 3 is 2.19 bits per heavy atom. The summed E-state index contributed by atoms with van der Waals surface area (Å²) in [6.07, 6.45) is 1.52. The molecule has 36 heavy (non-hydrogen) atoms. The van der Waals surface area contributed by atoms with Gasteiger partial charge >= 0.3 is 0 Å². The van der Waals surface area contributed by atoms with E-state index in [0.717, 1.165) is 32.5 Å². The highest BCUT2D eigenvalue weighted by atomic mass is 32.2. The van der Waals surface area contributed by atoms with E-state index in [9.17, 15) is 21.6 Å². The van der Waals surface area contributed by atoms with Gasteiger partial charge in [0.25, 0.3) is 5.91 Å². The van der Waals surface area contributed by atoms with Crippen LogP contribution in [0, 0.1) is 0 Å². The van der Waals surface area contributed by atoms with Crippen LogP contribution in [0.25, 0.3) is 0 Å². The lowest BCUT2D eigenvalue weighted by molar-refractivity contribution is 0.0907. The minimum Gasteiger partial charge on any atom is -0.349 e. The van der Waals surface area contributed by atoms with Gasteiger partial charge in [-0.25, -0.2) is 16.8 Å². The minimum atomic E-state index is -4.02. The maximum absolute atomic E-state index is 13.4. The molecule has 7 nitrogen and oxygen atoms in total. The first-order valence-corrected chi connectivity index (χ1v) is 15.2. The number of amides is 1. The van der Waals surface area contributed by atoms with Crippen LogP contribution in [0.4, 0.5) is 0 Å². The molecular formula is C27H28N2O5S2. The summed E-state index contributed by atoms with van der Waals surface area (Å²) >= 11 is 0. The Morgan fingerprint density at radius 2 is 1.53 bits per heavy atom. The molecule has 0 aliphatic carbocycles. The molecule has 1 atom stereocenters. The van der Waals surface area contributed by atoms with Crippen LogP contribution in [-0.4, -0.2) is 52.5 Å². The summed E-state index contributed by atoms with van der Waals surface area (Å²) in [5, 5.41) is 1.71. The van der Waals surface area contributed by atoms with E-state index in [4.69, 9.17) is 0 Å². The quantitative estimate of drug-likeness (QED) is 0.531. The van der Waals surface area contributed by atoms with Crippen LogP contribution in [0.15, 0.2) is 88.7 Å². The van der Waals surface area contributed by atoms with E-state index in [0.29, 0.717) is 0 Å². The number of likely N-dealkylation sites (tertiary alicyclic amines) is 1. The monoisotopic (exact) mass is 524 g/mol. The molecule has 3 aromatic carbocycles. The average Bonchev–Trinajstić information content (AvgIpc) is 3.18. The molecule has 188 valence electrons. The first-order chi connectivity index (χ1) is 17.3. The summed E-state index contributed by atoms with van der Waals surface area (Å²) in [5.41, 5.74) is 1.44. The van der Waals surface area contributed by atoms with Crippen molar-refractivity contribution < 1.29 is 21.6 Å². The van der Waals surface area contributed by atoms with Gasteiger partial charge < -0.3 is 5.32 Å². The van der Waals surface area contributed by atoms with Crippen molar-refractivity contribution in [2.75, 3.05) is 18.8 Å². The summed E-state index contributed by atoms with van der Waals surface area (Å²) in [4.78, 5) is 15.7. The molecule has 1 unspecified atom stereocenters. The van der Waals surface area contributed by atoms with Crippen molar-refractivity contribution in [3.63, 3.8) is 0 Å². The molecule has 2 aliphatic heterocycles. The van der Waals surface area contributed by atoms with Crippen molar-refractivity contribution in [3.05, 3.63) is 95.6 Å². The summed E-state index contributed by atoms with van der Waals surface area (Å²) in [7, 11) is -7.85. The zero-order valence-corrected chi connectivity index (χ0v) is 21.3. The van der Waals surface area contributed by atoms with E-state index >= 15 is 0 Å². The van der Waals surface area contributed by atoms with E-state index in [1.165, 1.54) is 35.9 Å². The summed E-state index contributed by atoms with van der Waals surface area (Å²) in [6.45, 7) is 2.50. The van der Waals surface area contributed by atoms with Gasteiger partial charge in [-0.1, -0.05) is 54.6 Å². The highest BCUT2D eigenvalue weighted by Gasteiger charge is 2.45. The number of piperidine rings is 1. The van der Waals surface area contributed by atoms with E-state index in [-0.39, 0.29) is 27.0 Å². The van der Waals surface area contributed by atoms with Crippen LogP contribution >= 0.6 is 0 Å². The average molecular weight is 525 g/mol. The van der Waals surface area contributed by atoms with Gasteiger partial charge in [-0.15, -0.1) is 0 Å². The number of benzene rings is 3. The standard InChI is InChI=1S/C27H28N2O5S2/c30-27(28-21-14-16-29(17-15-21)18-20-8-3-1-4-9-20)23-12-7-13-24-26(23)25(19-35(24,31)32)36(33,34)22-10-5-2-6-11-22/h1-13,21,25H,14-19H2,(H,28,30). The third kappa shape index (κ3) is 4.83. The molecule has 0 saturated carbocycles. The van der Waals surface area contributed by atoms with E-state index in [1.54, 1.807) is 18.2 Å². The number of hydrogen-bond acceptors (Lipinski definition) is 6. The molecule has 5 rings (SSSR count). The first kappa shape index (κ1) is 24.7. The Kier molecular flexibility index (Phi) is 6.72. The van der Waals surface area contributed by atoms with E-state index < -0.39 is 36.6 Å². The fourth-order valence-electron chi connectivity index (χ4n) is 5.08. The lowest BCUT2D eigenvalue weighted by Crippen LogP contribution is -2.44. The molecule has 1 saturated heterocycles. The van der Waals surface area contributed by atoms with Crippen LogP contribution in [0.5, 0.6) is 0 Å². The van der Waals surface area contributed by atoms with Gasteiger partial charge in [-0.2, -0.15) is 0 Å². The fraction of sp³-hybridized carbons (Fsp3) is 0.296. The Balaban J connectivity index is 1.35. The molecule has 0 spiro atoms. The third-order valence-electron chi connectivity index (χ3n) is 6.96. The zero-order valence-electron chi connectivity index (χ0n) is 19.7. The van der Waals surface area contributed by atoms with Crippen LogP contribution in [-0.2, 0) is 26.2 Å². The van der Waals surface area contributed by atoms with Crippen LogP contribution in [0.1, 0.15) is 39.6 Å². The molecule has 9 heteroatoms. The second kappa shape index (κ2) is 9.80. The molecule has 2 aliphatic rings. The first-order valence-electron chi connectivity index (χ1n) is 12.0. The van der Waals surface area contributed by atoms with E-state index in [1.807, 2.05) is 18.2 Å². The second-order valence-electron chi connectivity index (χ2n) is 9.35. The summed E-state index contributed by atoms with van der Waals surface area (Å²) in [6, 6.07) is 22.4. The topological polar surface area (TPSA) is 101 Å². The van der Waals surface area contributed by atoms with Gasteiger partial charge in [0, 0.05) is 36.8 Å². The Bertz CT molecular complexity index is 1470. The molecular weight excluding hydrogens is 496 g/mol. The zero-order chi connectivity index (χ0) is 25.3. The Morgan fingerprint density at radius 1 is 0.889 bits per heavy atom. The van der Waals surface area contributed by atoms with Gasteiger partial charge in [0.05, 0.1) is 15.5 Å². The fourth-order valence-corrected chi connectivity index (χ4v) is 9.45. The smallest absolute Gasteiger partial charge is 0.251 e. The number of nitrogens with one attached hydrogen (secondary N) is 1. The maximum atomic E-state index is 13.4. The van der Waals surface area contributed by atoms with Gasteiger partial charge in [0.1, 0.15) is 5.25 Å². The van der Waals surface area contributed by atoms with Crippen molar-refractivity contribution in [1.29, 1.82) is 0 Å². The molecule has 0 bridgehead atoms. The number of carbonyl (C=O) groups is 1. The Labute approximate surface area is 212 Å². The lowest BCUT2D eigenvalue weighted by Gasteiger charge is -2.32. The van der Waals surface area contributed by atoms with Gasteiger partial charge in [0.2, 0.25) is 0 Å². The van der Waals surface area contributed by atoms with Gasteiger partial charge in [-0.05, 0) is 42.7 Å². The number of sulfone groups is 2. The summed E-state index contributed by atoms with van der Waals surface area (Å²) in [5.74, 6) is -0.999. The van der Waals surface area contributed by atoms with E-state index in [2.05, 4.69) is 22.3 Å². The second-order valence-corrected chi connectivity index (χ2v) is 13.5. The summed E-state index contributed by atoms with van der Waals surface area (Å²) < 4.78 is 52.6. The molecule has 1 N–H and O–H groups in total. The maximum Gasteiger partial charge on any atom is 0.251 e. The molecule has 0 radical (unpaired) electrons. The van der Waals surface area contributed by atoms with Crippen LogP contribution in [0.2, 0.25) is 0 Å². The molecule has 1 amide bonds. The number of carbonyl (C=O) groups excluding carboxylic acids is 1. The van der Waals surface area contributed by atoms with Crippen LogP contribution in [0.3, 0.4) is 0 Å². The number of fused-ring (bicyclic) bond motifs is 1. The van der Waals surface area contributed by atoms with Crippen molar-refractivity contribution in [2.24, 2.45) is 0 Å². The van der Waals surface area contributed by atoms with Gasteiger partial charge in [0.15, 0.2) is 19.7 Å². The van der Waals surface area contributed by atoms with Crippen molar-refractivity contribution in [3.8, 4) is 0 Å². The lowest BCUT2D eigenvalue weighted by atomic mass is 10.0. The highest BCUT2D eigenvalue weighted by molar-refractivity contribution is 7.96. The Hall–Kier alpha value is -3.01. The largest absolute Gasteiger partial charge is 0.349 e. The molecule has 0 aromatic heterocycles. The third-order valence-corrected chi connectivity index (χ3v) is 11.0. The van der Waals surface area contributed by atoms with Crippen molar-refractivity contribution >= 4 is 25.6 Å². The SMILES string of the molecule is O=C(NC1CCN(Cc2ccccc2)CC1)c1cccc2c1C(S(=O)(=O)c1ccccc1)CS2(=O)=O. The van der Waals surface area contributed by atoms with Crippen LogP contribution < -0.4 is 5.32 Å². The number of rotatable bonds is 6. The predicted molar refractivity (Wildman–Crippen MR) is 137 cm³/mol. The van der Waals surface area contributed by atoms with Gasteiger partial charge in [-0.3, -0.25) is 9.69 Å². The minimum absolute atomic E-state index is 0.0408. The number of hydrogen-bond donors (Lipinski definition) is 1. The highest BCUT2D eigenvalue weighted by Crippen LogP contribution is 2.43. The molecule has 1 fully saturated rings. The van der Waals surface area contributed by atoms with Crippen molar-refractivity contribution in [2.45, 2.75) is 40.5 Å². The van der Waals surface area contributed by atoms with Crippen molar-refractivity contribution in [1.82, 2.24) is 10.2 Å². The molecule has 3 aromatic rings.